The molecule has 0 radical (unpaired) electrons. The third kappa shape index (κ3) is 5.80. The van der Waals surface area contributed by atoms with Crippen LogP contribution < -0.4 is 4.74 Å². The average molecular weight is 598 g/mol. The van der Waals surface area contributed by atoms with Crippen LogP contribution in [0.15, 0.2) is 95.3 Å². The van der Waals surface area contributed by atoms with E-state index in [9.17, 15) is 14.0 Å². The van der Waals surface area contributed by atoms with Gasteiger partial charge in [-0.15, -0.1) is 0 Å². The maximum Gasteiger partial charge on any atom is 0.162 e. The first-order valence-corrected chi connectivity index (χ1v) is 15.3. The third-order valence-corrected chi connectivity index (χ3v) is 9.06. The molecule has 0 aromatic heterocycles. The summed E-state index contributed by atoms with van der Waals surface area (Å²) >= 11 is 6.60. The van der Waals surface area contributed by atoms with E-state index in [4.69, 9.17) is 16.3 Å². The Kier molecular flexibility index (Phi) is 7.58. The van der Waals surface area contributed by atoms with Crippen molar-refractivity contribution in [2.24, 2.45) is 10.8 Å². The molecule has 4 nitrogen and oxygen atoms in total. The second kappa shape index (κ2) is 11.1. The van der Waals surface area contributed by atoms with Crippen molar-refractivity contribution in [3.8, 4) is 5.75 Å². The quantitative estimate of drug-likeness (QED) is 0.284. The van der Waals surface area contributed by atoms with Gasteiger partial charge >= 0.3 is 0 Å². The molecule has 3 aromatic carbocycles. The lowest BCUT2D eigenvalue weighted by Crippen LogP contribution is -2.44. The molecule has 0 N–H and O–H groups in total. The largest absolute Gasteiger partial charge is 0.488 e. The molecule has 222 valence electrons. The lowest BCUT2D eigenvalue weighted by Gasteiger charge is -2.49. The number of carbonyl (C=O) groups is 2. The van der Waals surface area contributed by atoms with Crippen LogP contribution in [-0.4, -0.2) is 16.5 Å². The Balaban J connectivity index is 1.55. The van der Waals surface area contributed by atoms with Crippen LogP contribution in [0.5, 0.6) is 5.75 Å². The van der Waals surface area contributed by atoms with E-state index in [0.29, 0.717) is 65.3 Å². The summed E-state index contributed by atoms with van der Waals surface area (Å²) in [6.07, 6.45) is 2.18. The number of rotatable bonds is 6. The SMILES string of the molecule is CC1(C)CC(=O)C2=C(C1)N(Cc1ccccc1)C1=C(C(=O)CC(C)(C)C1)C2c1cc(Cl)ccc1OCc1ccccc1F. The Labute approximate surface area is 258 Å². The minimum Gasteiger partial charge on any atom is -0.488 e. The molecular formula is C37H37ClFNO3. The van der Waals surface area contributed by atoms with Gasteiger partial charge in [0.15, 0.2) is 11.6 Å². The molecule has 2 aliphatic carbocycles. The van der Waals surface area contributed by atoms with Crippen molar-refractivity contribution in [1.29, 1.82) is 0 Å². The molecule has 0 fully saturated rings. The molecule has 3 aliphatic rings. The Bertz CT molecular complexity index is 1620. The van der Waals surface area contributed by atoms with Gasteiger partial charge in [0, 0.05) is 64.0 Å². The zero-order valence-corrected chi connectivity index (χ0v) is 25.9. The highest BCUT2D eigenvalue weighted by atomic mass is 35.5. The van der Waals surface area contributed by atoms with Crippen LogP contribution in [-0.2, 0) is 22.7 Å². The molecule has 1 aliphatic heterocycles. The number of nitrogens with zero attached hydrogens (tertiary/aromatic N) is 1. The molecule has 6 heteroatoms. The first-order chi connectivity index (χ1) is 20.4. The second-order valence-corrected chi connectivity index (χ2v) is 14.1. The maximum absolute atomic E-state index is 14.5. The normalized spacial score (nSPS) is 19.8. The molecule has 0 saturated carbocycles. The van der Waals surface area contributed by atoms with Crippen LogP contribution in [0.3, 0.4) is 0 Å². The van der Waals surface area contributed by atoms with Crippen LogP contribution in [0.4, 0.5) is 4.39 Å². The van der Waals surface area contributed by atoms with Gasteiger partial charge < -0.3 is 9.64 Å². The number of hydrogen-bond donors (Lipinski definition) is 0. The van der Waals surface area contributed by atoms with Gasteiger partial charge in [0.1, 0.15) is 18.2 Å². The Hall–Kier alpha value is -3.70. The summed E-state index contributed by atoms with van der Waals surface area (Å²) in [4.78, 5) is 30.7. The highest BCUT2D eigenvalue weighted by Crippen LogP contribution is 2.56. The van der Waals surface area contributed by atoms with E-state index in [-0.39, 0.29) is 34.8 Å². The Morgan fingerprint density at radius 2 is 1.40 bits per heavy atom. The van der Waals surface area contributed by atoms with Gasteiger partial charge in [0.2, 0.25) is 0 Å². The topological polar surface area (TPSA) is 46.6 Å². The smallest absolute Gasteiger partial charge is 0.162 e. The van der Waals surface area contributed by atoms with Gasteiger partial charge in [-0.3, -0.25) is 9.59 Å². The third-order valence-electron chi connectivity index (χ3n) is 8.83. The standard InChI is InChI=1S/C37H37ClFNO3/c1-36(2)17-28-34(30(41)19-36)33(26-16-25(38)14-15-32(26)43-22-24-12-8-9-13-27(24)39)35-29(18-37(3,4)20-31(35)42)40(28)21-23-10-6-5-7-11-23/h5-16,33H,17-22H2,1-4H3. The van der Waals surface area contributed by atoms with Crippen LogP contribution >= 0.6 is 11.6 Å². The molecule has 3 aromatic rings. The number of Topliss-reactive ketones (excluding diaryl/α,β-unsaturated/α-hetero) is 2. The number of ether oxygens (including phenoxy) is 1. The zero-order valence-electron chi connectivity index (χ0n) is 25.2. The fraction of sp³-hybridized carbons (Fsp3) is 0.351. The molecule has 0 amide bonds. The number of ketones is 2. The molecule has 1 heterocycles. The van der Waals surface area contributed by atoms with E-state index >= 15 is 0 Å². The van der Waals surface area contributed by atoms with E-state index in [0.717, 1.165) is 17.0 Å². The first kappa shape index (κ1) is 29.4. The monoisotopic (exact) mass is 597 g/mol. The molecule has 43 heavy (non-hydrogen) atoms. The van der Waals surface area contributed by atoms with Gasteiger partial charge in [-0.2, -0.15) is 0 Å². The van der Waals surface area contributed by atoms with E-state index < -0.39 is 5.92 Å². The van der Waals surface area contributed by atoms with E-state index in [1.807, 2.05) is 24.3 Å². The lowest BCUT2D eigenvalue weighted by molar-refractivity contribution is -0.119. The average Bonchev–Trinajstić information content (AvgIpc) is 2.93. The van der Waals surface area contributed by atoms with Crippen LogP contribution in [0.25, 0.3) is 0 Å². The van der Waals surface area contributed by atoms with E-state index in [1.54, 1.807) is 30.3 Å². The molecule has 0 atom stereocenters. The molecule has 0 saturated heterocycles. The van der Waals surface area contributed by atoms with Crippen LogP contribution in [0.2, 0.25) is 5.02 Å². The number of hydrogen-bond acceptors (Lipinski definition) is 4. The van der Waals surface area contributed by atoms with Crippen LogP contribution in [0, 0.1) is 16.6 Å². The Morgan fingerprint density at radius 1 is 0.814 bits per heavy atom. The summed E-state index contributed by atoms with van der Waals surface area (Å²) in [5, 5.41) is 0.483. The summed E-state index contributed by atoms with van der Waals surface area (Å²) in [5.74, 6) is -0.393. The van der Waals surface area contributed by atoms with Crippen molar-refractivity contribution in [1.82, 2.24) is 4.90 Å². The van der Waals surface area contributed by atoms with Gasteiger partial charge in [-0.25, -0.2) is 4.39 Å². The van der Waals surface area contributed by atoms with Crippen molar-refractivity contribution in [2.75, 3.05) is 0 Å². The fourth-order valence-electron chi connectivity index (χ4n) is 6.96. The number of halogens is 2. The van der Waals surface area contributed by atoms with Gasteiger partial charge in [0.25, 0.3) is 0 Å². The fourth-order valence-corrected chi connectivity index (χ4v) is 7.14. The summed E-state index contributed by atoms with van der Waals surface area (Å²) in [6, 6.07) is 22.0. The zero-order chi connectivity index (χ0) is 30.5. The van der Waals surface area contributed by atoms with Gasteiger partial charge in [0.05, 0.1) is 0 Å². The lowest BCUT2D eigenvalue weighted by atomic mass is 9.63. The summed E-state index contributed by atoms with van der Waals surface area (Å²) in [5.41, 5.74) is 4.98. The molecule has 0 spiro atoms. The van der Waals surface area contributed by atoms with Crippen molar-refractivity contribution in [2.45, 2.75) is 72.4 Å². The van der Waals surface area contributed by atoms with Crippen LogP contribution in [0.1, 0.15) is 76.0 Å². The maximum atomic E-state index is 14.5. The van der Waals surface area contributed by atoms with Gasteiger partial charge in [-0.05, 0) is 53.5 Å². The highest BCUT2D eigenvalue weighted by molar-refractivity contribution is 6.30. The van der Waals surface area contributed by atoms with E-state index in [2.05, 4.69) is 44.7 Å². The highest BCUT2D eigenvalue weighted by Gasteiger charge is 2.49. The predicted molar refractivity (Wildman–Crippen MR) is 167 cm³/mol. The molecule has 0 bridgehead atoms. The number of allylic oxidation sites excluding steroid dienone is 4. The Morgan fingerprint density at radius 3 is 2.00 bits per heavy atom. The van der Waals surface area contributed by atoms with E-state index in [1.165, 1.54) is 6.07 Å². The second-order valence-electron chi connectivity index (χ2n) is 13.7. The number of benzene rings is 3. The molecule has 0 unspecified atom stereocenters. The summed E-state index contributed by atoms with van der Waals surface area (Å²) in [7, 11) is 0. The van der Waals surface area contributed by atoms with Crippen molar-refractivity contribution >= 4 is 23.2 Å². The molecular weight excluding hydrogens is 561 g/mol. The minimum absolute atomic E-state index is 0.00786. The van der Waals surface area contributed by atoms with Crippen molar-refractivity contribution in [3.63, 3.8) is 0 Å². The first-order valence-electron chi connectivity index (χ1n) is 14.9. The van der Waals surface area contributed by atoms with Gasteiger partial charge in [-0.1, -0.05) is 87.8 Å². The summed E-state index contributed by atoms with van der Waals surface area (Å²) in [6.45, 7) is 9.11. The predicted octanol–water partition coefficient (Wildman–Crippen LogP) is 8.94. The van der Waals surface area contributed by atoms with Crippen molar-refractivity contribution < 1.29 is 18.7 Å². The van der Waals surface area contributed by atoms with Crippen molar-refractivity contribution in [3.05, 3.63) is 123 Å². The minimum atomic E-state index is -0.612. The summed E-state index contributed by atoms with van der Waals surface area (Å²) < 4.78 is 20.8. The number of carbonyl (C=O) groups excluding carboxylic acids is 2. The molecule has 6 rings (SSSR count).